The maximum atomic E-state index is 11.3. The van der Waals surface area contributed by atoms with Crippen molar-refractivity contribution in [3.05, 3.63) is 0 Å². The number of urea groups is 1. The van der Waals surface area contributed by atoms with Gasteiger partial charge in [0.15, 0.2) is 49.6 Å². The van der Waals surface area contributed by atoms with Crippen LogP contribution in [0, 0.1) is 0 Å². The van der Waals surface area contributed by atoms with E-state index in [0.717, 1.165) is 0 Å². The zero-order valence-corrected chi connectivity index (χ0v) is 46.9. The lowest BCUT2D eigenvalue weighted by atomic mass is 9.95. The number of amides is 4. The predicted octanol–water partition coefficient (Wildman–Crippen LogP) is -15.4. The molecule has 4 amide bonds. The van der Waals surface area contributed by atoms with Crippen LogP contribution in [0.1, 0.15) is 13.8 Å². The van der Waals surface area contributed by atoms with Gasteiger partial charge in [-0.1, -0.05) is 0 Å². The highest BCUT2D eigenvalue weighted by Crippen LogP contribution is 2.39. The van der Waals surface area contributed by atoms with Crippen molar-refractivity contribution in [1.29, 1.82) is 0 Å². The Kier molecular flexibility index (Phi) is 24.0. The fourth-order valence-electron chi connectivity index (χ4n) is 11.3. The van der Waals surface area contributed by atoms with Crippen LogP contribution in [0.2, 0.25) is 0 Å². The molecule has 89 heavy (non-hydrogen) atoms. The Bertz CT molecular complexity index is 1950. The van der Waals surface area contributed by atoms with Gasteiger partial charge in [-0.3, -0.25) is 4.79 Å². The number of cyclic esters (lactones) is 1. The Balaban J connectivity index is 0.000000763. The number of hydrogen-bond donors (Lipinski definition) is 22. The van der Waals surface area contributed by atoms with E-state index in [-0.39, 0.29) is 4.90 Å². The van der Waals surface area contributed by atoms with Crippen LogP contribution in [-0.2, 0) is 75.8 Å². The largest absolute Gasteiger partial charge is 0.433 e. The van der Waals surface area contributed by atoms with Gasteiger partial charge in [0.2, 0.25) is 0 Å². The van der Waals surface area contributed by atoms with Crippen molar-refractivity contribution in [3.63, 3.8) is 0 Å². The predicted molar refractivity (Wildman–Crippen MR) is 265 cm³/mol. The average molecular weight is 1310 g/mol. The summed E-state index contributed by atoms with van der Waals surface area (Å²) in [6.45, 7) is -4.56. The van der Waals surface area contributed by atoms with Crippen LogP contribution >= 0.6 is 0 Å². The molecule has 41 nitrogen and oxygen atoms in total. The van der Waals surface area contributed by atoms with Gasteiger partial charge < -0.3 is 184 Å². The van der Waals surface area contributed by atoms with Gasteiger partial charge in [-0.05, 0) is 13.8 Å². The van der Waals surface area contributed by atoms with Crippen LogP contribution in [-0.4, -0.2) is 397 Å². The molecule has 23 N–H and O–H groups in total. The molecule has 0 aromatic rings. The first-order chi connectivity index (χ1) is 42.0. The van der Waals surface area contributed by atoms with Gasteiger partial charge in [0.1, 0.15) is 171 Å². The van der Waals surface area contributed by atoms with E-state index in [9.17, 15) is 122 Å². The zero-order chi connectivity index (χ0) is 65.6. The maximum Gasteiger partial charge on any atom is 0.426 e. The molecule has 22 rings (SSSR count). The van der Waals surface area contributed by atoms with E-state index in [1.807, 2.05) is 0 Å². The number of carbonyl (C=O) groups is 3. The molecule has 14 bridgehead atoms. The fourth-order valence-corrected chi connectivity index (χ4v) is 11.3. The first kappa shape index (κ1) is 71.9. The maximum absolute atomic E-state index is 11.3. The first-order valence-electron chi connectivity index (χ1n) is 27.8. The lowest BCUT2D eigenvalue weighted by Gasteiger charge is -2.50. The number of rotatable bonds is 7. The van der Waals surface area contributed by atoms with Crippen LogP contribution in [0.5, 0.6) is 0 Å². The molecule has 0 unspecified atom stereocenters. The van der Waals surface area contributed by atoms with Crippen LogP contribution in [0.4, 0.5) is 9.59 Å². The lowest BCUT2D eigenvalue weighted by Crippen LogP contribution is -2.68. The Morgan fingerprint density at radius 3 is 0.584 bits per heavy atom. The lowest BCUT2D eigenvalue weighted by molar-refractivity contribution is -0.396. The third-order valence-corrected chi connectivity index (χ3v) is 16.2. The van der Waals surface area contributed by atoms with E-state index in [4.69, 9.17) is 72.0 Å². The molecular weight excluding hydrogens is 1230 g/mol. The van der Waals surface area contributed by atoms with Crippen molar-refractivity contribution < 1.29 is 193 Å². The third kappa shape index (κ3) is 14.4. The molecule has 22 aliphatic rings. The summed E-state index contributed by atoms with van der Waals surface area (Å²) in [5, 5.41) is 230. The Morgan fingerprint density at radius 2 is 0.483 bits per heavy atom. The summed E-state index contributed by atoms with van der Waals surface area (Å²) in [6.07, 6.45) is -71.3. The van der Waals surface area contributed by atoms with E-state index >= 15 is 0 Å². The molecule has 22 fully saturated rings. The zero-order valence-electron chi connectivity index (χ0n) is 46.9. The molecule has 35 atom stereocenters. The number of imide groups is 3. The van der Waals surface area contributed by atoms with Crippen molar-refractivity contribution in [2.45, 2.75) is 234 Å². The molecule has 22 heterocycles. The number of nitrogens with two attached hydrogens (primary N) is 1. The Hall–Kier alpha value is -2.99. The fraction of sp³-hybridized carbons (Fsp3) is 0.938. The van der Waals surface area contributed by atoms with Crippen LogP contribution in [0.3, 0.4) is 0 Å². The van der Waals surface area contributed by atoms with Gasteiger partial charge in [-0.25, -0.2) is 9.59 Å². The summed E-state index contributed by atoms with van der Waals surface area (Å²) in [5.41, 5.74) is 3.48. The van der Waals surface area contributed by atoms with Crippen molar-refractivity contribution in [2.75, 3.05) is 46.2 Å². The number of aliphatic hydroxyl groups is 21. The number of ether oxygens (including phenoxy) is 15. The van der Waals surface area contributed by atoms with Crippen molar-refractivity contribution in [1.82, 2.24) is 4.90 Å². The van der Waals surface area contributed by atoms with Crippen molar-refractivity contribution in [3.8, 4) is 0 Å². The molecule has 22 aliphatic heterocycles. The van der Waals surface area contributed by atoms with E-state index in [0.29, 0.717) is 0 Å². The summed E-state index contributed by atoms with van der Waals surface area (Å²) in [5.74, 6) is -0.736. The van der Waals surface area contributed by atoms with E-state index in [1.165, 1.54) is 13.8 Å². The Labute approximate surface area is 501 Å². The van der Waals surface area contributed by atoms with Crippen LogP contribution in [0.15, 0.2) is 0 Å². The monoisotopic (exact) mass is 1310 g/mol. The van der Waals surface area contributed by atoms with Gasteiger partial charge in [-0.15, -0.1) is 0 Å². The minimum atomic E-state index is -2.21. The van der Waals surface area contributed by atoms with Gasteiger partial charge in [0.25, 0.3) is 5.91 Å². The van der Waals surface area contributed by atoms with Gasteiger partial charge in [0, 0.05) is 0 Å². The van der Waals surface area contributed by atoms with Crippen LogP contribution < -0.4 is 5.73 Å². The average Bonchev–Trinajstić information content (AvgIpc) is 1.60. The summed E-state index contributed by atoms with van der Waals surface area (Å²) >= 11 is 0. The minimum Gasteiger partial charge on any atom is -0.433 e. The number of nitrogens with zero attached hydrogens (tertiary/aromatic N) is 1. The number of hydrogen-bond acceptors (Lipinski definition) is 39. The SMILES string of the molecule is CC1(C)OC(=O)N(C(N)=O)C1=O.OC[C@H]1O[C@@H]2O[C@H]3[C@H](O)[C@@H](O)[C@@H](O[C@H]4[C@H](O)[C@@H](O)[C@@H](O[C@H]5[C@H](O)[C@@H](O)[C@@H](O[C@H]6[C@H](O)[C@@H](O)[C@@H](O[C@H]7[C@H](O)[C@@H](O)[C@@H](O[C@H]8[C@H](O)[C@@H](O)[C@@H](O[C@H]1[C@H](O)[C@H]2O)O[C@@H]8CO)O[C@@H]7CO)O[C@@H]6CO)O[C@@H]5CO)O[C@@H]4CO)O[C@@H]3CO. The summed E-state index contributed by atoms with van der Waals surface area (Å²) in [6, 6.07) is -1.12. The molecule has 0 radical (unpaired) electrons. The molecule has 0 aliphatic carbocycles. The summed E-state index contributed by atoms with van der Waals surface area (Å²) in [4.78, 5) is 32.8. The standard InChI is InChI=1S/C42H70O35.C6H8N2O4/c43-1-8-29-15(50)22(57)36(64-8)72-30-9(2-44)66-38(24(59)17(30)52)74-32-11(4-46)68-40(26(61)19(32)54)76-34-13(6-48)70-42(28(63)21(34)56)77-35-14(7-49)69-41(27(62)20(35)55)75-33-12(5-47)67-39(25(60)18(33)53)73-31-10(3-45)65-37(71-29)23(58)16(31)51;1-6(2)3(9)8(4(7)10)5(11)12-6/h8-63H,1-7H2;1-2H3,(H2,7,10)/t8-,9-,10-,11-,12-,13-,14-,15-,16-,17-,18-,19-,20-,21-,22-,23-,24-,25-,26-,27-,28-,29-,30-,31-,32-,33-,34-,35-,36-,37-,38-,39-,40-,41-,42-;/m1./s1. The van der Waals surface area contributed by atoms with E-state index in [1.54, 1.807) is 0 Å². The second kappa shape index (κ2) is 29.8. The normalized spacial score (nSPS) is 50.7. The van der Waals surface area contributed by atoms with Gasteiger partial charge >= 0.3 is 12.1 Å². The quantitative estimate of drug-likeness (QED) is 0.113. The molecule has 41 heteroatoms. The Morgan fingerprint density at radius 1 is 0.326 bits per heavy atom. The van der Waals surface area contributed by atoms with Gasteiger partial charge in [-0.2, -0.15) is 4.90 Å². The van der Waals surface area contributed by atoms with Crippen molar-refractivity contribution in [2.24, 2.45) is 5.73 Å². The minimum absolute atomic E-state index is 0.278. The second-order valence-electron chi connectivity index (χ2n) is 22.5. The van der Waals surface area contributed by atoms with E-state index in [2.05, 4.69) is 4.74 Å². The van der Waals surface area contributed by atoms with Gasteiger partial charge in [0.05, 0.1) is 46.2 Å². The molecule has 0 spiro atoms. The second-order valence-corrected chi connectivity index (χ2v) is 22.5. The summed E-state index contributed by atoms with van der Waals surface area (Å²) < 4.78 is 84.0. The first-order valence-corrected chi connectivity index (χ1v) is 27.8. The summed E-state index contributed by atoms with van der Waals surface area (Å²) in [7, 11) is 0. The third-order valence-electron chi connectivity index (χ3n) is 16.2. The molecule has 514 valence electrons. The molecule has 0 saturated carbocycles. The molecule has 22 saturated heterocycles. The molecule has 0 aromatic carbocycles. The highest BCUT2D eigenvalue weighted by Gasteiger charge is 2.60. The highest BCUT2D eigenvalue weighted by atomic mass is 16.8. The topological polar surface area (TPSA) is 644 Å². The van der Waals surface area contributed by atoms with E-state index < -0.39 is 285 Å². The molecule has 0 aromatic heterocycles. The molecular formula is C48H78N2O39. The smallest absolute Gasteiger partial charge is 0.426 e. The number of carbonyl (C=O) groups excluding carboxylic acids is 3. The number of aliphatic hydroxyl groups excluding tert-OH is 21. The number of primary amides is 1. The highest BCUT2D eigenvalue weighted by molar-refractivity contribution is 6.14. The van der Waals surface area contributed by atoms with Crippen LogP contribution in [0.25, 0.3) is 0 Å². The van der Waals surface area contributed by atoms with Crippen molar-refractivity contribution >= 4 is 18.0 Å².